The molecule has 2 aromatic carbocycles. The Balaban J connectivity index is 1.67. The second-order valence-electron chi connectivity index (χ2n) is 4.74. The van der Waals surface area contributed by atoms with Gasteiger partial charge in [0.15, 0.2) is 0 Å². The molecule has 1 aliphatic rings. The predicted octanol–water partition coefficient (Wildman–Crippen LogP) is 3.36. The van der Waals surface area contributed by atoms with Crippen LogP contribution in [-0.2, 0) is 0 Å². The number of benzene rings is 2. The molecule has 0 aliphatic carbocycles. The minimum atomic E-state index is -0.0677. The van der Waals surface area contributed by atoms with Crippen molar-refractivity contribution >= 4 is 21.8 Å². The van der Waals surface area contributed by atoms with Crippen molar-refractivity contribution in [2.45, 2.75) is 5.92 Å². The van der Waals surface area contributed by atoms with Gasteiger partial charge in [0, 0.05) is 22.5 Å². The summed E-state index contributed by atoms with van der Waals surface area (Å²) in [5.41, 5.74) is 1.82. The first kappa shape index (κ1) is 13.2. The molecule has 4 heteroatoms. The number of halogens is 1. The van der Waals surface area contributed by atoms with E-state index in [-0.39, 0.29) is 11.8 Å². The van der Waals surface area contributed by atoms with E-state index in [1.807, 2.05) is 36.4 Å². The van der Waals surface area contributed by atoms with Gasteiger partial charge in [-0.2, -0.15) is 0 Å². The van der Waals surface area contributed by atoms with Gasteiger partial charge in [0.05, 0.1) is 12.2 Å². The maximum Gasteiger partial charge on any atom is 0.252 e. The molecule has 0 saturated carbocycles. The summed E-state index contributed by atoms with van der Waals surface area (Å²) in [6.07, 6.45) is 0. The number of hydrogen-bond donors (Lipinski definition) is 1. The molecule has 0 radical (unpaired) electrons. The van der Waals surface area contributed by atoms with E-state index >= 15 is 0 Å². The van der Waals surface area contributed by atoms with Gasteiger partial charge in [0.1, 0.15) is 5.75 Å². The molecule has 1 aliphatic heterocycles. The number of nitrogens with one attached hydrogen (secondary N) is 1. The first-order valence-corrected chi connectivity index (χ1v) is 7.29. The Kier molecular flexibility index (Phi) is 3.74. The highest BCUT2D eigenvalue weighted by molar-refractivity contribution is 9.10. The lowest BCUT2D eigenvalue weighted by molar-refractivity contribution is 0.0949. The second kappa shape index (κ2) is 5.67. The van der Waals surface area contributed by atoms with Crippen LogP contribution in [0.3, 0.4) is 0 Å². The van der Waals surface area contributed by atoms with E-state index in [9.17, 15) is 4.79 Å². The van der Waals surface area contributed by atoms with E-state index in [0.717, 1.165) is 10.2 Å². The highest BCUT2D eigenvalue weighted by atomic mass is 79.9. The summed E-state index contributed by atoms with van der Waals surface area (Å²) >= 11 is 3.39. The monoisotopic (exact) mass is 331 g/mol. The van der Waals surface area contributed by atoms with Crippen LogP contribution in [0, 0.1) is 0 Å². The topological polar surface area (TPSA) is 38.3 Å². The molecule has 0 unspecified atom stereocenters. The first-order chi connectivity index (χ1) is 9.75. The van der Waals surface area contributed by atoms with Crippen LogP contribution in [0.1, 0.15) is 21.8 Å². The van der Waals surface area contributed by atoms with Crippen molar-refractivity contribution in [1.29, 1.82) is 0 Å². The van der Waals surface area contributed by atoms with Crippen molar-refractivity contribution < 1.29 is 9.53 Å². The molecule has 0 saturated heterocycles. The first-order valence-electron chi connectivity index (χ1n) is 6.50. The van der Waals surface area contributed by atoms with Gasteiger partial charge in [-0.25, -0.2) is 0 Å². The Labute approximate surface area is 126 Å². The van der Waals surface area contributed by atoms with Gasteiger partial charge in [0.2, 0.25) is 0 Å². The summed E-state index contributed by atoms with van der Waals surface area (Å²) in [5.74, 6) is 1.08. The van der Waals surface area contributed by atoms with E-state index in [2.05, 4.69) is 27.3 Å². The molecule has 1 N–H and O–H groups in total. The molecular formula is C16H14BrNO2. The minimum Gasteiger partial charge on any atom is -0.493 e. The zero-order chi connectivity index (χ0) is 13.9. The normalized spacial score (nSPS) is 16.4. The van der Waals surface area contributed by atoms with Gasteiger partial charge in [-0.05, 0) is 34.1 Å². The molecule has 2 aromatic rings. The van der Waals surface area contributed by atoms with Crippen molar-refractivity contribution in [3.05, 3.63) is 64.1 Å². The standard InChI is InChI=1S/C16H14BrNO2/c17-14-7-3-1-6-13(14)16(19)18-9-11-10-20-15-8-4-2-5-12(11)15/h1-8,11H,9-10H2,(H,18,19)/t11-/m0/s1. The number of ether oxygens (including phenoxy) is 1. The molecule has 1 atom stereocenters. The Bertz CT molecular complexity index is 642. The smallest absolute Gasteiger partial charge is 0.252 e. The molecule has 0 aromatic heterocycles. The van der Waals surface area contributed by atoms with Crippen LogP contribution in [0.5, 0.6) is 5.75 Å². The summed E-state index contributed by atoms with van der Waals surface area (Å²) < 4.78 is 6.42. The van der Waals surface area contributed by atoms with Crippen LogP contribution in [-0.4, -0.2) is 19.1 Å². The summed E-state index contributed by atoms with van der Waals surface area (Å²) in [6.45, 7) is 1.20. The molecule has 0 bridgehead atoms. The zero-order valence-electron chi connectivity index (χ0n) is 10.8. The van der Waals surface area contributed by atoms with Crippen LogP contribution in [0.4, 0.5) is 0 Å². The van der Waals surface area contributed by atoms with E-state index in [1.165, 1.54) is 5.56 Å². The van der Waals surface area contributed by atoms with Crippen molar-refractivity contribution in [1.82, 2.24) is 5.32 Å². The molecule has 0 spiro atoms. The highest BCUT2D eigenvalue weighted by Crippen LogP contribution is 2.32. The zero-order valence-corrected chi connectivity index (χ0v) is 12.4. The molecule has 0 fully saturated rings. The SMILES string of the molecule is O=C(NC[C@H]1COc2ccccc21)c1ccccc1Br. The van der Waals surface area contributed by atoms with Crippen molar-refractivity contribution in [2.75, 3.05) is 13.2 Å². The fourth-order valence-corrected chi connectivity index (χ4v) is 2.82. The van der Waals surface area contributed by atoms with Crippen LogP contribution in [0.15, 0.2) is 53.0 Å². The quantitative estimate of drug-likeness (QED) is 0.936. The second-order valence-corrected chi connectivity index (χ2v) is 5.59. The molecule has 3 nitrogen and oxygen atoms in total. The summed E-state index contributed by atoms with van der Waals surface area (Å²) in [7, 11) is 0. The molecule has 1 heterocycles. The number of rotatable bonds is 3. The Morgan fingerprint density at radius 1 is 1.20 bits per heavy atom. The largest absolute Gasteiger partial charge is 0.493 e. The number of carbonyl (C=O) groups is 1. The predicted molar refractivity (Wildman–Crippen MR) is 81.2 cm³/mol. The van der Waals surface area contributed by atoms with Gasteiger partial charge >= 0.3 is 0 Å². The van der Waals surface area contributed by atoms with Crippen LogP contribution in [0.25, 0.3) is 0 Å². The Morgan fingerprint density at radius 2 is 1.95 bits per heavy atom. The third-order valence-electron chi connectivity index (χ3n) is 3.43. The molecular weight excluding hydrogens is 318 g/mol. The maximum atomic E-state index is 12.2. The third kappa shape index (κ3) is 2.56. The van der Waals surface area contributed by atoms with Crippen LogP contribution >= 0.6 is 15.9 Å². The third-order valence-corrected chi connectivity index (χ3v) is 4.12. The van der Waals surface area contributed by atoms with Crippen molar-refractivity contribution in [3.8, 4) is 5.75 Å². The number of amides is 1. The lowest BCUT2D eigenvalue weighted by Gasteiger charge is -2.11. The fourth-order valence-electron chi connectivity index (χ4n) is 2.35. The average Bonchev–Trinajstić information content (AvgIpc) is 2.88. The van der Waals surface area contributed by atoms with Gasteiger partial charge in [-0.3, -0.25) is 4.79 Å². The number of carbonyl (C=O) groups excluding carboxylic acids is 1. The van der Waals surface area contributed by atoms with E-state index in [0.29, 0.717) is 18.7 Å². The number of hydrogen-bond acceptors (Lipinski definition) is 2. The Hall–Kier alpha value is -1.81. The minimum absolute atomic E-state index is 0.0677. The summed E-state index contributed by atoms with van der Waals surface area (Å²) in [4.78, 5) is 12.2. The highest BCUT2D eigenvalue weighted by Gasteiger charge is 2.24. The summed E-state index contributed by atoms with van der Waals surface area (Å²) in [5, 5.41) is 2.97. The maximum absolute atomic E-state index is 12.2. The van der Waals surface area contributed by atoms with Crippen molar-refractivity contribution in [2.24, 2.45) is 0 Å². The number of fused-ring (bicyclic) bond motifs is 1. The van der Waals surface area contributed by atoms with Gasteiger partial charge < -0.3 is 10.1 Å². The summed E-state index contributed by atoms with van der Waals surface area (Å²) in [6, 6.07) is 15.4. The fraction of sp³-hybridized carbons (Fsp3) is 0.188. The van der Waals surface area contributed by atoms with E-state index in [4.69, 9.17) is 4.74 Å². The number of para-hydroxylation sites is 1. The average molecular weight is 332 g/mol. The van der Waals surface area contributed by atoms with Crippen molar-refractivity contribution in [3.63, 3.8) is 0 Å². The van der Waals surface area contributed by atoms with E-state index < -0.39 is 0 Å². The lowest BCUT2D eigenvalue weighted by atomic mass is 10.0. The van der Waals surface area contributed by atoms with Gasteiger partial charge in [-0.15, -0.1) is 0 Å². The van der Waals surface area contributed by atoms with E-state index in [1.54, 1.807) is 6.07 Å². The van der Waals surface area contributed by atoms with Gasteiger partial charge in [0.25, 0.3) is 5.91 Å². The Morgan fingerprint density at radius 3 is 2.80 bits per heavy atom. The molecule has 3 rings (SSSR count). The lowest BCUT2D eigenvalue weighted by Crippen LogP contribution is -2.29. The van der Waals surface area contributed by atoms with Crippen LogP contribution < -0.4 is 10.1 Å². The molecule has 20 heavy (non-hydrogen) atoms. The molecule has 102 valence electrons. The molecule has 1 amide bonds. The van der Waals surface area contributed by atoms with Crippen LogP contribution in [0.2, 0.25) is 0 Å². The van der Waals surface area contributed by atoms with Gasteiger partial charge in [-0.1, -0.05) is 30.3 Å².